The molecule has 0 aliphatic carbocycles. The molecule has 20 heavy (non-hydrogen) atoms. The number of aromatic carboxylic acids is 1. The normalized spacial score (nSPS) is 10.6. The van der Waals surface area contributed by atoms with Gasteiger partial charge in [-0.3, -0.25) is 0 Å². The zero-order valence-corrected chi connectivity index (χ0v) is 13.0. The van der Waals surface area contributed by atoms with E-state index in [1.807, 2.05) is 35.8 Å². The van der Waals surface area contributed by atoms with Gasteiger partial charge in [0.2, 0.25) is 0 Å². The molecule has 0 saturated carbocycles. The lowest BCUT2D eigenvalue weighted by Crippen LogP contribution is -2.09. The summed E-state index contributed by atoms with van der Waals surface area (Å²) in [6.45, 7) is 2.68. The summed E-state index contributed by atoms with van der Waals surface area (Å²) >= 11 is 3.51. The molecule has 0 aliphatic rings. The Morgan fingerprint density at radius 3 is 2.70 bits per heavy atom. The fourth-order valence-electron chi connectivity index (χ4n) is 2.18. The Morgan fingerprint density at radius 1 is 1.35 bits per heavy atom. The second kappa shape index (κ2) is 6.13. The Labute approximate surface area is 126 Å². The third kappa shape index (κ3) is 2.72. The molecule has 4 nitrogen and oxygen atoms in total. The van der Waals surface area contributed by atoms with Crippen LogP contribution in [0, 0.1) is 0 Å². The van der Waals surface area contributed by atoms with E-state index >= 15 is 0 Å². The van der Waals surface area contributed by atoms with Crippen LogP contribution in [-0.4, -0.2) is 22.8 Å². The summed E-state index contributed by atoms with van der Waals surface area (Å²) < 4.78 is 7.97. The Bertz CT molecular complexity index is 634. The van der Waals surface area contributed by atoms with E-state index in [9.17, 15) is 9.90 Å². The number of carbonyl (C=O) groups is 1. The van der Waals surface area contributed by atoms with E-state index in [1.54, 1.807) is 13.2 Å². The SMILES string of the molecule is CCCn1c(C(=O)O)ccc1-c1cc(OC)ccc1Br. The molecule has 0 atom stereocenters. The minimum atomic E-state index is -0.913. The molecular formula is C15H16BrNO3. The molecule has 0 fully saturated rings. The topological polar surface area (TPSA) is 51.5 Å². The van der Waals surface area contributed by atoms with E-state index in [0.717, 1.165) is 27.9 Å². The first kappa shape index (κ1) is 14.7. The maximum atomic E-state index is 11.3. The molecule has 0 radical (unpaired) electrons. The van der Waals surface area contributed by atoms with Gasteiger partial charge in [-0.2, -0.15) is 0 Å². The van der Waals surface area contributed by atoms with Crippen molar-refractivity contribution >= 4 is 21.9 Å². The van der Waals surface area contributed by atoms with Crippen molar-refractivity contribution in [3.8, 4) is 17.0 Å². The van der Waals surface area contributed by atoms with Crippen LogP contribution in [0.2, 0.25) is 0 Å². The smallest absolute Gasteiger partial charge is 0.352 e. The van der Waals surface area contributed by atoms with Gasteiger partial charge in [0.1, 0.15) is 11.4 Å². The van der Waals surface area contributed by atoms with Gasteiger partial charge in [0.05, 0.1) is 7.11 Å². The molecule has 0 unspecified atom stereocenters. The fraction of sp³-hybridized carbons (Fsp3) is 0.267. The van der Waals surface area contributed by atoms with Gasteiger partial charge in [0.25, 0.3) is 0 Å². The van der Waals surface area contributed by atoms with Crippen LogP contribution in [0.4, 0.5) is 0 Å². The van der Waals surface area contributed by atoms with Crippen LogP contribution < -0.4 is 4.74 Å². The minimum absolute atomic E-state index is 0.302. The molecule has 1 N–H and O–H groups in total. The van der Waals surface area contributed by atoms with Crippen molar-refractivity contribution in [3.05, 3.63) is 40.5 Å². The Hall–Kier alpha value is -1.75. The molecule has 0 aliphatic heterocycles. The van der Waals surface area contributed by atoms with E-state index in [1.165, 1.54) is 0 Å². The maximum Gasteiger partial charge on any atom is 0.352 e. The highest BCUT2D eigenvalue weighted by molar-refractivity contribution is 9.10. The molecule has 5 heteroatoms. The first-order chi connectivity index (χ1) is 9.58. The van der Waals surface area contributed by atoms with E-state index in [2.05, 4.69) is 15.9 Å². The summed E-state index contributed by atoms with van der Waals surface area (Å²) in [5.74, 6) is -0.173. The first-order valence-electron chi connectivity index (χ1n) is 6.35. The van der Waals surface area contributed by atoms with Gasteiger partial charge >= 0.3 is 5.97 Å². The predicted octanol–water partition coefficient (Wildman–Crippen LogP) is 4.03. The Balaban J connectivity index is 2.60. The quantitative estimate of drug-likeness (QED) is 0.895. The molecule has 0 spiro atoms. The van der Waals surface area contributed by atoms with Crippen molar-refractivity contribution in [2.45, 2.75) is 19.9 Å². The average Bonchev–Trinajstić information content (AvgIpc) is 2.83. The number of carboxylic acid groups (broad SMARTS) is 1. The average molecular weight is 338 g/mol. The number of benzene rings is 1. The Morgan fingerprint density at radius 2 is 2.10 bits per heavy atom. The van der Waals surface area contributed by atoms with Crippen LogP contribution in [-0.2, 0) is 6.54 Å². The second-order valence-corrected chi connectivity index (χ2v) is 5.26. The maximum absolute atomic E-state index is 11.3. The molecule has 0 bridgehead atoms. The number of nitrogens with zero attached hydrogens (tertiary/aromatic N) is 1. The highest BCUT2D eigenvalue weighted by Gasteiger charge is 2.16. The highest BCUT2D eigenvalue weighted by atomic mass is 79.9. The minimum Gasteiger partial charge on any atom is -0.497 e. The summed E-state index contributed by atoms with van der Waals surface area (Å²) in [5.41, 5.74) is 2.09. The lowest BCUT2D eigenvalue weighted by molar-refractivity contribution is 0.0685. The molecule has 0 saturated heterocycles. The molecule has 2 rings (SSSR count). The summed E-state index contributed by atoms with van der Waals surface area (Å²) in [6.07, 6.45) is 0.865. The van der Waals surface area contributed by atoms with Crippen LogP contribution in [0.1, 0.15) is 23.8 Å². The third-order valence-electron chi connectivity index (χ3n) is 3.10. The molecule has 1 aromatic carbocycles. The van der Waals surface area contributed by atoms with Gasteiger partial charge in [-0.15, -0.1) is 0 Å². The highest BCUT2D eigenvalue weighted by Crippen LogP contribution is 2.33. The largest absolute Gasteiger partial charge is 0.497 e. The monoisotopic (exact) mass is 337 g/mol. The van der Waals surface area contributed by atoms with E-state index in [4.69, 9.17) is 4.74 Å². The van der Waals surface area contributed by atoms with Crippen LogP contribution in [0.3, 0.4) is 0 Å². The number of aromatic nitrogens is 1. The fourth-order valence-corrected chi connectivity index (χ4v) is 2.63. The number of halogens is 1. The van der Waals surface area contributed by atoms with Gasteiger partial charge in [0, 0.05) is 22.3 Å². The number of carboxylic acids is 1. The van der Waals surface area contributed by atoms with Crippen molar-refractivity contribution in [2.75, 3.05) is 7.11 Å². The van der Waals surface area contributed by atoms with E-state index in [-0.39, 0.29) is 0 Å². The molecular weight excluding hydrogens is 322 g/mol. The summed E-state index contributed by atoms with van der Waals surface area (Å²) in [6, 6.07) is 9.13. The van der Waals surface area contributed by atoms with E-state index < -0.39 is 5.97 Å². The number of hydrogen-bond donors (Lipinski definition) is 1. The Kier molecular flexibility index (Phi) is 4.49. The van der Waals surface area contributed by atoms with Crippen LogP contribution in [0.5, 0.6) is 5.75 Å². The molecule has 0 amide bonds. The van der Waals surface area contributed by atoms with Crippen molar-refractivity contribution < 1.29 is 14.6 Å². The van der Waals surface area contributed by atoms with Crippen molar-refractivity contribution in [1.29, 1.82) is 0 Å². The van der Waals surface area contributed by atoms with Crippen molar-refractivity contribution in [1.82, 2.24) is 4.57 Å². The molecule has 1 heterocycles. The number of ether oxygens (including phenoxy) is 1. The van der Waals surface area contributed by atoms with Gasteiger partial charge < -0.3 is 14.4 Å². The standard InChI is InChI=1S/C15H16BrNO3/c1-3-8-17-13(6-7-14(17)15(18)19)11-9-10(20-2)4-5-12(11)16/h4-7,9H,3,8H2,1-2H3,(H,18,19). The predicted molar refractivity (Wildman–Crippen MR) is 81.4 cm³/mol. The summed E-state index contributed by atoms with van der Waals surface area (Å²) in [5, 5.41) is 9.27. The second-order valence-electron chi connectivity index (χ2n) is 4.41. The van der Waals surface area contributed by atoms with Crippen LogP contribution in [0.25, 0.3) is 11.3 Å². The summed E-state index contributed by atoms with van der Waals surface area (Å²) in [7, 11) is 1.61. The first-order valence-corrected chi connectivity index (χ1v) is 7.14. The van der Waals surface area contributed by atoms with Gasteiger partial charge in [-0.1, -0.05) is 22.9 Å². The molecule has 2 aromatic rings. The zero-order chi connectivity index (χ0) is 14.7. The lowest BCUT2D eigenvalue weighted by atomic mass is 10.1. The van der Waals surface area contributed by atoms with Gasteiger partial charge in [-0.25, -0.2) is 4.79 Å². The van der Waals surface area contributed by atoms with Gasteiger partial charge in [0.15, 0.2) is 0 Å². The summed E-state index contributed by atoms with van der Waals surface area (Å²) in [4.78, 5) is 11.3. The molecule has 106 valence electrons. The van der Waals surface area contributed by atoms with E-state index in [0.29, 0.717) is 12.2 Å². The zero-order valence-electron chi connectivity index (χ0n) is 11.4. The molecule has 1 aromatic heterocycles. The van der Waals surface area contributed by atoms with Crippen molar-refractivity contribution in [2.24, 2.45) is 0 Å². The lowest BCUT2D eigenvalue weighted by Gasteiger charge is -2.13. The van der Waals surface area contributed by atoms with Crippen molar-refractivity contribution in [3.63, 3.8) is 0 Å². The number of methoxy groups -OCH3 is 1. The number of rotatable bonds is 5. The number of hydrogen-bond acceptors (Lipinski definition) is 2. The van der Waals surface area contributed by atoms with Gasteiger partial charge in [-0.05, 0) is 36.8 Å². The third-order valence-corrected chi connectivity index (χ3v) is 3.79. The van der Waals surface area contributed by atoms with Crippen LogP contribution in [0.15, 0.2) is 34.8 Å². The van der Waals surface area contributed by atoms with Crippen LogP contribution >= 0.6 is 15.9 Å².